The summed E-state index contributed by atoms with van der Waals surface area (Å²) in [7, 11) is 2.93. The fourth-order valence-electron chi connectivity index (χ4n) is 4.11. The first kappa shape index (κ1) is 25.3. The zero-order valence-corrected chi connectivity index (χ0v) is 20.0. The topological polar surface area (TPSA) is 111 Å². The van der Waals surface area contributed by atoms with Gasteiger partial charge in [-0.3, -0.25) is 9.59 Å². The van der Waals surface area contributed by atoms with E-state index in [4.69, 9.17) is 9.47 Å². The molecule has 3 rings (SSSR count). The molecule has 1 aromatic carbocycles. The zero-order chi connectivity index (χ0) is 24.5. The molecule has 2 amide bonds. The van der Waals surface area contributed by atoms with Crippen molar-refractivity contribution in [2.24, 2.45) is 0 Å². The van der Waals surface area contributed by atoms with Crippen LogP contribution >= 0.6 is 0 Å². The van der Waals surface area contributed by atoms with Crippen LogP contribution in [-0.4, -0.2) is 73.1 Å². The third-order valence-electron chi connectivity index (χ3n) is 5.99. The van der Waals surface area contributed by atoms with Crippen LogP contribution in [0.15, 0.2) is 30.5 Å². The van der Waals surface area contributed by atoms with Gasteiger partial charge in [0.25, 0.3) is 5.91 Å². The molecular formula is C25H32N4O5. The molecule has 1 aliphatic rings. The van der Waals surface area contributed by atoms with Crippen LogP contribution in [0.3, 0.4) is 0 Å². The Bertz CT molecular complexity index is 1020. The third kappa shape index (κ3) is 6.60. The van der Waals surface area contributed by atoms with Gasteiger partial charge in [0.15, 0.2) is 0 Å². The molecule has 0 atom stereocenters. The van der Waals surface area contributed by atoms with Crippen molar-refractivity contribution >= 4 is 17.8 Å². The van der Waals surface area contributed by atoms with Crippen molar-refractivity contribution in [1.82, 2.24) is 20.2 Å². The fraction of sp³-hybridized carbons (Fsp3) is 0.480. The van der Waals surface area contributed by atoms with E-state index < -0.39 is 5.97 Å². The minimum Gasteiger partial charge on any atom is -0.465 e. The fourth-order valence-corrected chi connectivity index (χ4v) is 4.11. The molecule has 2 heterocycles. The molecule has 1 aliphatic heterocycles. The highest BCUT2D eigenvalue weighted by molar-refractivity contribution is 5.95. The molecule has 0 radical (unpaired) electrons. The molecular weight excluding hydrogens is 436 g/mol. The number of aryl methyl sites for hydroxylation is 1. The van der Waals surface area contributed by atoms with Crippen LogP contribution in [0.1, 0.15) is 63.0 Å². The number of nitrogens with one attached hydrogen (secondary N) is 1. The first-order valence-corrected chi connectivity index (χ1v) is 11.5. The number of carbonyl (C=O) groups excluding carboxylic acids is 3. The molecule has 1 fully saturated rings. The molecule has 0 bridgehead atoms. The van der Waals surface area contributed by atoms with Crippen molar-refractivity contribution in [2.75, 3.05) is 40.5 Å². The molecule has 1 saturated heterocycles. The lowest BCUT2D eigenvalue weighted by Gasteiger charge is -2.32. The number of aromatic nitrogens is 2. The summed E-state index contributed by atoms with van der Waals surface area (Å²) in [4.78, 5) is 47.7. The van der Waals surface area contributed by atoms with Crippen LogP contribution in [0, 0.1) is 6.92 Å². The van der Waals surface area contributed by atoms with E-state index in [-0.39, 0.29) is 17.7 Å². The number of amides is 2. The minimum absolute atomic E-state index is 0.0886. The number of ether oxygens (including phenoxy) is 2. The van der Waals surface area contributed by atoms with E-state index in [9.17, 15) is 14.4 Å². The standard InChI is InChI=1S/C25H32N4O5/c1-17-27-16-21(23(28-17)19-8-12-29(13-9-19)22(30)10-14-33-2)24(31)26-11-7-18-5-4-6-20(15-18)25(32)34-3/h4-6,15-16,19H,7-14H2,1-3H3,(H,26,31). The van der Waals surface area contributed by atoms with Gasteiger partial charge in [-0.2, -0.15) is 0 Å². The number of carbonyl (C=O) groups is 3. The predicted molar refractivity (Wildman–Crippen MR) is 126 cm³/mol. The molecule has 0 unspecified atom stereocenters. The molecule has 182 valence electrons. The Labute approximate surface area is 199 Å². The Hall–Kier alpha value is -3.33. The zero-order valence-electron chi connectivity index (χ0n) is 20.0. The number of piperidine rings is 1. The van der Waals surface area contributed by atoms with Gasteiger partial charge in [-0.1, -0.05) is 12.1 Å². The average Bonchev–Trinajstić information content (AvgIpc) is 2.86. The molecule has 1 N–H and O–H groups in total. The van der Waals surface area contributed by atoms with Crippen molar-refractivity contribution < 1.29 is 23.9 Å². The summed E-state index contributed by atoms with van der Waals surface area (Å²) in [5.74, 6) is 0.181. The molecule has 0 aliphatic carbocycles. The second kappa shape index (κ2) is 12.2. The smallest absolute Gasteiger partial charge is 0.337 e. The van der Waals surface area contributed by atoms with Crippen molar-refractivity contribution in [3.05, 3.63) is 58.7 Å². The van der Waals surface area contributed by atoms with Crippen LogP contribution in [0.25, 0.3) is 0 Å². The lowest BCUT2D eigenvalue weighted by molar-refractivity contribution is -0.133. The Morgan fingerprint density at radius 3 is 2.65 bits per heavy atom. The van der Waals surface area contributed by atoms with Crippen LogP contribution in [0.4, 0.5) is 0 Å². The van der Waals surface area contributed by atoms with E-state index in [1.54, 1.807) is 31.5 Å². The Balaban J connectivity index is 1.61. The van der Waals surface area contributed by atoms with Crippen LogP contribution in [0.5, 0.6) is 0 Å². The Morgan fingerprint density at radius 2 is 1.94 bits per heavy atom. The van der Waals surface area contributed by atoms with E-state index >= 15 is 0 Å². The lowest BCUT2D eigenvalue weighted by atomic mass is 9.90. The van der Waals surface area contributed by atoms with Gasteiger partial charge in [-0.25, -0.2) is 14.8 Å². The molecule has 0 saturated carbocycles. The number of methoxy groups -OCH3 is 2. The predicted octanol–water partition coefficient (Wildman–Crippen LogP) is 2.29. The SMILES string of the molecule is COCCC(=O)N1CCC(c2nc(C)ncc2C(=O)NCCc2cccc(C(=O)OC)c2)CC1. The minimum atomic E-state index is -0.390. The third-order valence-corrected chi connectivity index (χ3v) is 5.99. The summed E-state index contributed by atoms with van der Waals surface area (Å²) in [6.07, 6.45) is 4.02. The number of nitrogens with zero attached hydrogens (tertiary/aromatic N) is 3. The van der Waals surface area contributed by atoms with E-state index in [1.165, 1.54) is 7.11 Å². The summed E-state index contributed by atoms with van der Waals surface area (Å²) >= 11 is 0. The number of esters is 1. The van der Waals surface area contributed by atoms with Gasteiger partial charge >= 0.3 is 5.97 Å². The van der Waals surface area contributed by atoms with E-state index in [0.29, 0.717) is 56.0 Å². The number of hydrogen-bond acceptors (Lipinski definition) is 7. The highest BCUT2D eigenvalue weighted by Gasteiger charge is 2.28. The number of benzene rings is 1. The summed E-state index contributed by atoms with van der Waals surface area (Å²) < 4.78 is 9.76. The van der Waals surface area contributed by atoms with E-state index in [2.05, 4.69) is 15.3 Å². The maximum atomic E-state index is 13.0. The van der Waals surface area contributed by atoms with Gasteiger partial charge in [0, 0.05) is 38.9 Å². The average molecular weight is 469 g/mol. The van der Waals surface area contributed by atoms with Crippen molar-refractivity contribution in [3.63, 3.8) is 0 Å². The molecule has 2 aromatic rings. The van der Waals surface area contributed by atoms with Gasteiger partial charge < -0.3 is 19.7 Å². The summed E-state index contributed by atoms with van der Waals surface area (Å²) in [6.45, 7) is 3.90. The maximum Gasteiger partial charge on any atom is 0.337 e. The first-order chi connectivity index (χ1) is 16.4. The summed E-state index contributed by atoms with van der Waals surface area (Å²) in [5, 5.41) is 2.95. The molecule has 1 aromatic heterocycles. The van der Waals surface area contributed by atoms with Gasteiger partial charge in [0.05, 0.1) is 37.0 Å². The van der Waals surface area contributed by atoms with Gasteiger partial charge in [-0.15, -0.1) is 0 Å². The largest absolute Gasteiger partial charge is 0.465 e. The number of hydrogen-bond donors (Lipinski definition) is 1. The Kier molecular flexibility index (Phi) is 9.09. The van der Waals surface area contributed by atoms with Gasteiger partial charge in [0.1, 0.15) is 5.82 Å². The molecule has 34 heavy (non-hydrogen) atoms. The maximum absolute atomic E-state index is 13.0. The number of likely N-dealkylation sites (tertiary alicyclic amines) is 1. The van der Waals surface area contributed by atoms with Crippen LogP contribution in [-0.2, 0) is 20.7 Å². The number of rotatable bonds is 9. The van der Waals surface area contributed by atoms with Crippen LogP contribution < -0.4 is 5.32 Å². The first-order valence-electron chi connectivity index (χ1n) is 11.5. The van der Waals surface area contributed by atoms with Crippen molar-refractivity contribution in [2.45, 2.75) is 38.5 Å². The highest BCUT2D eigenvalue weighted by Crippen LogP contribution is 2.29. The molecule has 9 nitrogen and oxygen atoms in total. The van der Waals surface area contributed by atoms with Gasteiger partial charge in [0.2, 0.25) is 5.91 Å². The van der Waals surface area contributed by atoms with Crippen LogP contribution in [0.2, 0.25) is 0 Å². The van der Waals surface area contributed by atoms with Crippen molar-refractivity contribution in [3.8, 4) is 0 Å². The summed E-state index contributed by atoms with van der Waals surface area (Å²) in [6, 6.07) is 7.16. The lowest BCUT2D eigenvalue weighted by Crippen LogP contribution is -2.39. The van der Waals surface area contributed by atoms with E-state index in [1.807, 2.05) is 17.9 Å². The quantitative estimate of drug-likeness (QED) is 0.562. The summed E-state index contributed by atoms with van der Waals surface area (Å²) in [5.41, 5.74) is 2.61. The van der Waals surface area contributed by atoms with E-state index in [0.717, 1.165) is 24.1 Å². The second-order valence-electron chi connectivity index (χ2n) is 8.31. The monoisotopic (exact) mass is 468 g/mol. The molecule has 0 spiro atoms. The second-order valence-corrected chi connectivity index (χ2v) is 8.31. The molecule has 9 heteroatoms. The normalized spacial score (nSPS) is 14.0. The highest BCUT2D eigenvalue weighted by atomic mass is 16.5. The Morgan fingerprint density at radius 1 is 1.18 bits per heavy atom. The van der Waals surface area contributed by atoms with Crippen molar-refractivity contribution in [1.29, 1.82) is 0 Å². The van der Waals surface area contributed by atoms with Gasteiger partial charge in [-0.05, 0) is 43.9 Å².